The van der Waals surface area contributed by atoms with E-state index in [1.165, 1.54) is 10.9 Å². The summed E-state index contributed by atoms with van der Waals surface area (Å²) in [5, 5.41) is 8.13. The SMILES string of the molecule is COc1ccc(C2Cn3nnc(C(=O)n4ccnc4)c3CO2)cc1. The van der Waals surface area contributed by atoms with Crippen LogP contribution in [0.15, 0.2) is 43.0 Å². The van der Waals surface area contributed by atoms with Gasteiger partial charge in [-0.05, 0) is 17.7 Å². The number of aromatic nitrogens is 5. The van der Waals surface area contributed by atoms with Gasteiger partial charge in [-0.2, -0.15) is 0 Å². The molecule has 0 saturated heterocycles. The molecule has 3 aromatic rings. The molecular formula is C16H15N5O3. The topological polar surface area (TPSA) is 84.1 Å². The Morgan fingerprint density at radius 3 is 2.88 bits per heavy atom. The Labute approximate surface area is 137 Å². The van der Waals surface area contributed by atoms with Crippen LogP contribution in [0.5, 0.6) is 5.75 Å². The molecule has 0 fully saturated rings. The molecule has 0 aliphatic carbocycles. The van der Waals surface area contributed by atoms with E-state index in [1.54, 1.807) is 24.2 Å². The molecule has 4 rings (SSSR count). The molecule has 0 spiro atoms. The molecule has 8 heteroatoms. The van der Waals surface area contributed by atoms with Crippen molar-refractivity contribution in [1.29, 1.82) is 0 Å². The Morgan fingerprint density at radius 1 is 1.33 bits per heavy atom. The number of hydrogen-bond acceptors (Lipinski definition) is 6. The van der Waals surface area contributed by atoms with E-state index in [0.717, 1.165) is 11.3 Å². The highest BCUT2D eigenvalue weighted by atomic mass is 16.5. The summed E-state index contributed by atoms with van der Waals surface area (Å²) in [5.41, 5.74) is 2.00. The van der Waals surface area contributed by atoms with Gasteiger partial charge in [-0.3, -0.25) is 9.36 Å². The van der Waals surface area contributed by atoms with Crippen LogP contribution in [0.4, 0.5) is 0 Å². The van der Waals surface area contributed by atoms with Gasteiger partial charge in [0.05, 0.1) is 26.0 Å². The molecule has 8 nitrogen and oxygen atoms in total. The fraction of sp³-hybridized carbons (Fsp3) is 0.250. The number of fused-ring (bicyclic) bond motifs is 1. The molecule has 24 heavy (non-hydrogen) atoms. The van der Waals surface area contributed by atoms with E-state index in [0.29, 0.717) is 17.9 Å². The average molecular weight is 325 g/mol. The Bertz CT molecular complexity index is 854. The van der Waals surface area contributed by atoms with E-state index in [4.69, 9.17) is 9.47 Å². The predicted molar refractivity (Wildman–Crippen MR) is 82.5 cm³/mol. The van der Waals surface area contributed by atoms with Crippen LogP contribution in [0.25, 0.3) is 0 Å². The summed E-state index contributed by atoms with van der Waals surface area (Å²) in [6, 6.07) is 7.71. The third-order valence-corrected chi connectivity index (χ3v) is 4.03. The fourth-order valence-corrected chi connectivity index (χ4v) is 2.70. The number of benzene rings is 1. The molecular weight excluding hydrogens is 310 g/mol. The van der Waals surface area contributed by atoms with Crippen LogP contribution < -0.4 is 4.74 Å². The number of ether oxygens (including phenoxy) is 2. The summed E-state index contributed by atoms with van der Waals surface area (Å²) >= 11 is 0. The lowest BCUT2D eigenvalue weighted by Gasteiger charge is -2.24. The van der Waals surface area contributed by atoms with Crippen molar-refractivity contribution in [2.75, 3.05) is 7.11 Å². The van der Waals surface area contributed by atoms with E-state index in [2.05, 4.69) is 15.3 Å². The van der Waals surface area contributed by atoms with Crippen molar-refractivity contribution >= 4 is 5.91 Å². The summed E-state index contributed by atoms with van der Waals surface area (Å²) < 4.78 is 14.2. The van der Waals surface area contributed by atoms with Gasteiger partial charge in [0, 0.05) is 12.4 Å². The van der Waals surface area contributed by atoms with Crippen molar-refractivity contribution in [3.63, 3.8) is 0 Å². The lowest BCUT2D eigenvalue weighted by atomic mass is 10.1. The highest BCUT2D eigenvalue weighted by Gasteiger charge is 2.28. The van der Waals surface area contributed by atoms with Gasteiger partial charge in [0.15, 0.2) is 5.69 Å². The normalized spacial score (nSPS) is 16.6. The van der Waals surface area contributed by atoms with Gasteiger partial charge in [-0.15, -0.1) is 5.10 Å². The predicted octanol–water partition coefficient (Wildman–Crippen LogP) is 1.44. The number of carbonyl (C=O) groups is 1. The second kappa shape index (κ2) is 5.89. The van der Waals surface area contributed by atoms with Crippen LogP contribution in [0.3, 0.4) is 0 Å². The maximum atomic E-state index is 12.4. The summed E-state index contributed by atoms with van der Waals surface area (Å²) in [6.45, 7) is 0.783. The molecule has 1 aromatic carbocycles. The molecule has 1 unspecified atom stereocenters. The molecule has 3 heterocycles. The van der Waals surface area contributed by atoms with Crippen molar-refractivity contribution in [3.05, 3.63) is 59.9 Å². The van der Waals surface area contributed by atoms with Gasteiger partial charge in [0.2, 0.25) is 0 Å². The van der Waals surface area contributed by atoms with Crippen LogP contribution in [-0.2, 0) is 17.9 Å². The molecule has 1 atom stereocenters. The largest absolute Gasteiger partial charge is 0.497 e. The van der Waals surface area contributed by atoms with Crippen molar-refractivity contribution in [3.8, 4) is 5.75 Å². The first-order valence-corrected chi connectivity index (χ1v) is 7.47. The molecule has 0 bridgehead atoms. The van der Waals surface area contributed by atoms with E-state index in [1.807, 2.05) is 24.3 Å². The van der Waals surface area contributed by atoms with Crippen molar-refractivity contribution in [2.24, 2.45) is 0 Å². The zero-order valence-corrected chi connectivity index (χ0v) is 13.0. The van der Waals surface area contributed by atoms with Crippen LogP contribution in [0, 0.1) is 0 Å². The summed E-state index contributed by atoms with van der Waals surface area (Å²) in [5.74, 6) is 0.532. The highest BCUT2D eigenvalue weighted by molar-refractivity contribution is 5.94. The number of imidazole rings is 1. The van der Waals surface area contributed by atoms with Gasteiger partial charge in [0.1, 0.15) is 18.2 Å². The molecule has 1 aliphatic rings. The third-order valence-electron chi connectivity index (χ3n) is 4.03. The molecule has 122 valence electrons. The molecule has 2 aromatic heterocycles. The van der Waals surface area contributed by atoms with Crippen LogP contribution >= 0.6 is 0 Å². The van der Waals surface area contributed by atoms with Gasteiger partial charge in [0.25, 0.3) is 5.91 Å². The van der Waals surface area contributed by atoms with Crippen molar-refractivity contribution in [1.82, 2.24) is 24.5 Å². The third kappa shape index (κ3) is 2.46. The first-order valence-electron chi connectivity index (χ1n) is 7.47. The fourth-order valence-electron chi connectivity index (χ4n) is 2.70. The lowest BCUT2D eigenvalue weighted by molar-refractivity contribution is -0.00178. The minimum atomic E-state index is -0.264. The Hall–Kier alpha value is -3.00. The quantitative estimate of drug-likeness (QED) is 0.724. The van der Waals surface area contributed by atoms with Crippen molar-refractivity contribution < 1.29 is 14.3 Å². The van der Waals surface area contributed by atoms with E-state index >= 15 is 0 Å². The minimum absolute atomic E-state index is 0.138. The van der Waals surface area contributed by atoms with Gasteiger partial charge >= 0.3 is 0 Å². The Balaban J connectivity index is 1.57. The summed E-state index contributed by atoms with van der Waals surface area (Å²) in [7, 11) is 1.63. The summed E-state index contributed by atoms with van der Waals surface area (Å²) in [6.07, 6.45) is 4.43. The van der Waals surface area contributed by atoms with Gasteiger partial charge in [-0.25, -0.2) is 9.67 Å². The smallest absolute Gasteiger partial charge is 0.285 e. The molecule has 0 amide bonds. The number of hydrogen-bond donors (Lipinski definition) is 0. The van der Waals surface area contributed by atoms with E-state index in [-0.39, 0.29) is 18.6 Å². The second-order valence-corrected chi connectivity index (χ2v) is 5.41. The maximum Gasteiger partial charge on any atom is 0.285 e. The van der Waals surface area contributed by atoms with Crippen LogP contribution in [0.1, 0.15) is 27.8 Å². The Kier molecular flexibility index (Phi) is 3.58. The van der Waals surface area contributed by atoms with Crippen LogP contribution in [-0.4, -0.2) is 37.6 Å². The van der Waals surface area contributed by atoms with E-state index in [9.17, 15) is 4.79 Å². The zero-order valence-electron chi connectivity index (χ0n) is 13.0. The summed E-state index contributed by atoms with van der Waals surface area (Å²) in [4.78, 5) is 16.3. The lowest BCUT2D eigenvalue weighted by Crippen LogP contribution is -2.23. The first-order chi connectivity index (χ1) is 11.8. The first kappa shape index (κ1) is 14.6. The standard InChI is InChI=1S/C16H15N5O3/c1-23-12-4-2-11(3-5-12)14-8-21-13(9-24-14)15(18-19-21)16(22)20-7-6-17-10-20/h2-7,10,14H,8-9H2,1H3. The number of carbonyl (C=O) groups excluding carboxylic acids is 1. The zero-order chi connectivity index (χ0) is 16.5. The second-order valence-electron chi connectivity index (χ2n) is 5.41. The molecule has 0 saturated carbocycles. The molecule has 0 N–H and O–H groups in total. The number of methoxy groups -OCH3 is 1. The monoisotopic (exact) mass is 325 g/mol. The minimum Gasteiger partial charge on any atom is -0.497 e. The molecule has 0 radical (unpaired) electrons. The highest BCUT2D eigenvalue weighted by Crippen LogP contribution is 2.28. The number of rotatable bonds is 3. The van der Waals surface area contributed by atoms with Crippen molar-refractivity contribution in [2.45, 2.75) is 19.3 Å². The Morgan fingerprint density at radius 2 is 2.17 bits per heavy atom. The van der Waals surface area contributed by atoms with Gasteiger partial charge in [-0.1, -0.05) is 17.3 Å². The van der Waals surface area contributed by atoms with E-state index < -0.39 is 0 Å². The average Bonchev–Trinajstić information content (AvgIpc) is 3.30. The maximum absolute atomic E-state index is 12.4. The molecule has 1 aliphatic heterocycles. The van der Waals surface area contributed by atoms with Gasteiger partial charge < -0.3 is 9.47 Å². The number of nitrogens with zero attached hydrogens (tertiary/aromatic N) is 5. The van der Waals surface area contributed by atoms with Crippen LogP contribution in [0.2, 0.25) is 0 Å².